The third-order valence-electron chi connectivity index (χ3n) is 1.76. The van der Waals surface area contributed by atoms with E-state index in [4.69, 9.17) is 11.6 Å². The zero-order chi connectivity index (χ0) is 11.6. The molecule has 3 nitrogen and oxygen atoms in total. The van der Waals surface area contributed by atoms with Crippen LogP contribution in [0.25, 0.3) is 0 Å². The van der Waals surface area contributed by atoms with Crippen molar-refractivity contribution in [1.82, 2.24) is 0 Å². The molecule has 0 saturated heterocycles. The molecule has 1 aromatic rings. The normalized spacial score (nSPS) is 9.93. The van der Waals surface area contributed by atoms with Gasteiger partial charge in [-0.2, -0.15) is 4.39 Å². The summed E-state index contributed by atoms with van der Waals surface area (Å²) in [7, 11) is 2.25. The first-order valence-electron chi connectivity index (χ1n) is 3.82. The number of benzene rings is 1. The van der Waals surface area contributed by atoms with E-state index in [-0.39, 0.29) is 5.75 Å². The SMILES string of the molecule is COc1cc(C(=O)Cl)c(F)c(OC)c1F. The van der Waals surface area contributed by atoms with Gasteiger partial charge in [-0.05, 0) is 17.7 Å². The Bertz CT molecular complexity index is 407. The molecule has 0 heterocycles. The van der Waals surface area contributed by atoms with Gasteiger partial charge in [0.05, 0.1) is 19.8 Å². The summed E-state index contributed by atoms with van der Waals surface area (Å²) in [6, 6.07) is 0.878. The molecule has 0 radical (unpaired) electrons. The van der Waals surface area contributed by atoms with E-state index in [1.807, 2.05) is 0 Å². The molecule has 6 heteroatoms. The van der Waals surface area contributed by atoms with Crippen LogP contribution >= 0.6 is 11.6 Å². The van der Waals surface area contributed by atoms with Crippen LogP contribution < -0.4 is 9.47 Å². The van der Waals surface area contributed by atoms with Gasteiger partial charge in [0.15, 0.2) is 17.3 Å². The number of hydrogen-bond donors (Lipinski definition) is 0. The fraction of sp³-hybridized carbons (Fsp3) is 0.222. The maximum atomic E-state index is 13.4. The van der Waals surface area contributed by atoms with Crippen LogP contribution in [-0.2, 0) is 0 Å². The predicted molar refractivity (Wildman–Crippen MR) is 49.6 cm³/mol. The molecule has 1 aromatic carbocycles. The van der Waals surface area contributed by atoms with Gasteiger partial charge in [0, 0.05) is 0 Å². The summed E-state index contributed by atoms with van der Waals surface area (Å²) in [5, 5.41) is -1.05. The molecule has 0 bridgehead atoms. The Labute approximate surface area is 89.5 Å². The molecule has 0 aliphatic heterocycles. The minimum atomic E-state index is -1.14. The van der Waals surface area contributed by atoms with E-state index in [1.165, 1.54) is 7.11 Å². The summed E-state index contributed by atoms with van der Waals surface area (Å²) in [5.74, 6) is -3.16. The molecule has 0 aliphatic carbocycles. The Balaban J connectivity index is 3.51. The van der Waals surface area contributed by atoms with Crippen molar-refractivity contribution in [2.75, 3.05) is 14.2 Å². The lowest BCUT2D eigenvalue weighted by Crippen LogP contribution is -2.03. The van der Waals surface area contributed by atoms with Gasteiger partial charge in [0.25, 0.3) is 5.24 Å². The van der Waals surface area contributed by atoms with E-state index in [9.17, 15) is 13.6 Å². The number of hydrogen-bond acceptors (Lipinski definition) is 3. The minimum Gasteiger partial charge on any atom is -0.494 e. The Kier molecular flexibility index (Phi) is 3.47. The predicted octanol–water partition coefficient (Wildman–Crippen LogP) is 2.36. The average Bonchev–Trinajstić information content (AvgIpc) is 2.18. The Morgan fingerprint density at radius 2 is 1.87 bits per heavy atom. The van der Waals surface area contributed by atoms with Gasteiger partial charge < -0.3 is 9.47 Å². The number of ether oxygens (including phenoxy) is 2. The number of carbonyl (C=O) groups is 1. The smallest absolute Gasteiger partial charge is 0.255 e. The van der Waals surface area contributed by atoms with Gasteiger partial charge in [0.2, 0.25) is 5.82 Å². The van der Waals surface area contributed by atoms with Crippen molar-refractivity contribution in [2.24, 2.45) is 0 Å². The van der Waals surface area contributed by atoms with Gasteiger partial charge in [-0.15, -0.1) is 0 Å². The lowest BCUT2D eigenvalue weighted by atomic mass is 10.2. The molecule has 0 N–H and O–H groups in total. The Hall–Kier alpha value is -1.36. The van der Waals surface area contributed by atoms with Crippen molar-refractivity contribution >= 4 is 16.8 Å². The maximum Gasteiger partial charge on any atom is 0.255 e. The second-order valence-corrected chi connectivity index (χ2v) is 2.90. The molecule has 0 fully saturated rings. The van der Waals surface area contributed by atoms with E-state index in [0.29, 0.717) is 0 Å². The summed E-state index contributed by atoms with van der Waals surface area (Å²) in [6.45, 7) is 0. The fourth-order valence-electron chi connectivity index (χ4n) is 1.06. The van der Waals surface area contributed by atoms with Crippen molar-refractivity contribution in [2.45, 2.75) is 0 Å². The number of carbonyl (C=O) groups excluding carboxylic acids is 1. The zero-order valence-corrected chi connectivity index (χ0v) is 8.69. The molecular formula is C9H7ClF2O3. The van der Waals surface area contributed by atoms with Crippen molar-refractivity contribution in [3.63, 3.8) is 0 Å². The van der Waals surface area contributed by atoms with Crippen LogP contribution in [0.3, 0.4) is 0 Å². The average molecular weight is 237 g/mol. The van der Waals surface area contributed by atoms with Gasteiger partial charge in [-0.25, -0.2) is 4.39 Å². The topological polar surface area (TPSA) is 35.5 Å². The fourth-order valence-corrected chi connectivity index (χ4v) is 1.20. The second kappa shape index (κ2) is 4.44. The molecule has 0 aliphatic rings. The van der Waals surface area contributed by atoms with Gasteiger partial charge in [-0.3, -0.25) is 4.79 Å². The molecule has 0 saturated carbocycles. The van der Waals surface area contributed by atoms with Crippen LogP contribution in [-0.4, -0.2) is 19.5 Å². The van der Waals surface area contributed by atoms with Crippen molar-refractivity contribution in [1.29, 1.82) is 0 Å². The molecule has 0 atom stereocenters. The number of rotatable bonds is 3. The van der Waals surface area contributed by atoms with E-state index < -0.39 is 28.2 Å². The molecule has 1 rings (SSSR count). The molecule has 15 heavy (non-hydrogen) atoms. The molecule has 0 spiro atoms. The summed E-state index contributed by atoms with van der Waals surface area (Å²) in [5.41, 5.74) is -0.494. The van der Waals surface area contributed by atoms with E-state index in [2.05, 4.69) is 9.47 Å². The van der Waals surface area contributed by atoms with Crippen molar-refractivity contribution in [3.8, 4) is 11.5 Å². The van der Waals surface area contributed by atoms with E-state index in [0.717, 1.165) is 13.2 Å². The number of methoxy groups -OCH3 is 2. The lowest BCUT2D eigenvalue weighted by Gasteiger charge is -2.09. The highest BCUT2D eigenvalue weighted by atomic mass is 35.5. The molecular weight excluding hydrogens is 230 g/mol. The summed E-state index contributed by atoms with van der Waals surface area (Å²) in [6.07, 6.45) is 0. The van der Waals surface area contributed by atoms with E-state index >= 15 is 0 Å². The van der Waals surface area contributed by atoms with E-state index in [1.54, 1.807) is 0 Å². The monoisotopic (exact) mass is 236 g/mol. The van der Waals surface area contributed by atoms with Crippen LogP contribution in [0.4, 0.5) is 8.78 Å². The lowest BCUT2D eigenvalue weighted by molar-refractivity contribution is 0.107. The molecule has 0 amide bonds. The molecule has 0 aromatic heterocycles. The van der Waals surface area contributed by atoms with Gasteiger partial charge in [0.1, 0.15) is 0 Å². The highest BCUT2D eigenvalue weighted by Crippen LogP contribution is 2.32. The zero-order valence-electron chi connectivity index (χ0n) is 7.94. The standard InChI is InChI=1S/C9H7ClF2O3/c1-14-5-3-4(9(10)13)6(11)8(15-2)7(5)12/h3H,1-2H3. The van der Waals surface area contributed by atoms with Crippen LogP contribution in [0.1, 0.15) is 10.4 Å². The highest BCUT2D eigenvalue weighted by molar-refractivity contribution is 6.67. The van der Waals surface area contributed by atoms with Crippen molar-refractivity contribution in [3.05, 3.63) is 23.3 Å². The second-order valence-electron chi connectivity index (χ2n) is 2.56. The Morgan fingerprint density at radius 3 is 2.27 bits per heavy atom. The number of halogens is 3. The summed E-state index contributed by atoms with van der Waals surface area (Å²) >= 11 is 5.11. The summed E-state index contributed by atoms with van der Waals surface area (Å²) < 4.78 is 35.8. The van der Waals surface area contributed by atoms with Crippen LogP contribution in [0.5, 0.6) is 11.5 Å². The Morgan fingerprint density at radius 1 is 1.27 bits per heavy atom. The molecule has 82 valence electrons. The first-order valence-corrected chi connectivity index (χ1v) is 4.20. The quantitative estimate of drug-likeness (QED) is 0.756. The van der Waals surface area contributed by atoms with Crippen molar-refractivity contribution < 1.29 is 23.0 Å². The third kappa shape index (κ3) is 2.02. The highest BCUT2D eigenvalue weighted by Gasteiger charge is 2.22. The van der Waals surface area contributed by atoms with Crippen LogP contribution in [0.2, 0.25) is 0 Å². The summed E-state index contributed by atoms with van der Waals surface area (Å²) in [4.78, 5) is 10.8. The third-order valence-corrected chi connectivity index (χ3v) is 1.97. The largest absolute Gasteiger partial charge is 0.494 e. The first-order chi connectivity index (χ1) is 7.02. The maximum absolute atomic E-state index is 13.4. The first kappa shape index (κ1) is 11.7. The van der Waals surface area contributed by atoms with Crippen LogP contribution in [0, 0.1) is 11.6 Å². The van der Waals surface area contributed by atoms with Gasteiger partial charge >= 0.3 is 0 Å². The van der Waals surface area contributed by atoms with Gasteiger partial charge in [-0.1, -0.05) is 0 Å². The van der Waals surface area contributed by atoms with Crippen LogP contribution in [0.15, 0.2) is 6.07 Å². The minimum absolute atomic E-state index is 0.308. The molecule has 0 unspecified atom stereocenters.